The smallest absolute Gasteiger partial charge is 0.191 e. The number of benzene rings is 1. The Labute approximate surface area is 206 Å². The van der Waals surface area contributed by atoms with Gasteiger partial charge in [0.05, 0.1) is 26.4 Å². The number of anilines is 1. The average molecular weight is 503 g/mol. The van der Waals surface area contributed by atoms with Crippen LogP contribution in [0.2, 0.25) is 0 Å². The monoisotopic (exact) mass is 502 g/mol. The van der Waals surface area contributed by atoms with Crippen LogP contribution in [0.4, 0.5) is 5.82 Å². The molecule has 2 saturated carbocycles. The molecule has 4 N–H and O–H groups in total. The van der Waals surface area contributed by atoms with Crippen molar-refractivity contribution in [1.29, 1.82) is 0 Å². The summed E-state index contributed by atoms with van der Waals surface area (Å²) < 4.78 is 12.3. The lowest BCUT2D eigenvalue weighted by molar-refractivity contribution is -0.0253. The summed E-state index contributed by atoms with van der Waals surface area (Å²) in [6.07, 6.45) is -1.40. The minimum absolute atomic E-state index is 0.139. The summed E-state index contributed by atoms with van der Waals surface area (Å²) in [6, 6.07) is 5.39. The van der Waals surface area contributed by atoms with Gasteiger partial charge in [-0.15, -0.1) is 5.10 Å². The van der Waals surface area contributed by atoms with Gasteiger partial charge in [0.15, 0.2) is 22.1 Å². The Morgan fingerprint density at radius 3 is 2.43 bits per heavy atom. The van der Waals surface area contributed by atoms with Gasteiger partial charge in [0.1, 0.15) is 23.7 Å². The number of ether oxygens (including phenoxy) is 2. The highest BCUT2D eigenvalue weighted by Gasteiger charge is 2.44. The Bertz CT molecular complexity index is 1190. The van der Waals surface area contributed by atoms with Crippen LogP contribution < -0.4 is 14.8 Å². The first-order valence-electron chi connectivity index (χ1n) is 11.7. The molecule has 2 aliphatic rings. The van der Waals surface area contributed by atoms with Gasteiger partial charge in [0.2, 0.25) is 0 Å². The van der Waals surface area contributed by atoms with Crippen LogP contribution in [0.3, 0.4) is 0 Å². The standard InChI is InChI=1S/C23H30N6O5S/c1-4-5-35-23-25-21(24-15-9-14(15)11-6-12(33-2)8-13(7-11)34-3)18-22(26-23)29(28-27-18)16-10-17(30)20(32)19(16)31/h6-8,14-17,19-20,30-32H,4-5,9-10H2,1-3H3,(H,24,25,26). The van der Waals surface area contributed by atoms with Crippen LogP contribution in [-0.4, -0.2) is 84.6 Å². The molecule has 1 aromatic carbocycles. The van der Waals surface area contributed by atoms with Crippen molar-refractivity contribution >= 4 is 28.7 Å². The van der Waals surface area contributed by atoms with Gasteiger partial charge in [-0.3, -0.25) is 0 Å². The van der Waals surface area contributed by atoms with E-state index in [2.05, 4.69) is 27.5 Å². The van der Waals surface area contributed by atoms with Gasteiger partial charge in [0, 0.05) is 30.2 Å². The van der Waals surface area contributed by atoms with Crippen molar-refractivity contribution in [3.05, 3.63) is 23.8 Å². The maximum Gasteiger partial charge on any atom is 0.191 e. The third-order valence-electron chi connectivity index (χ3n) is 6.59. The molecule has 12 heteroatoms. The molecular formula is C23H30N6O5S. The number of aliphatic hydroxyl groups excluding tert-OH is 3. The number of fused-ring (bicyclic) bond motifs is 1. The fourth-order valence-corrected chi connectivity index (χ4v) is 5.25. The Morgan fingerprint density at radius 2 is 1.80 bits per heavy atom. The summed E-state index contributed by atoms with van der Waals surface area (Å²) in [6.45, 7) is 2.09. The zero-order valence-corrected chi connectivity index (χ0v) is 20.6. The molecule has 11 nitrogen and oxygen atoms in total. The molecule has 2 heterocycles. The highest BCUT2D eigenvalue weighted by atomic mass is 32.2. The van der Waals surface area contributed by atoms with E-state index in [4.69, 9.17) is 14.5 Å². The van der Waals surface area contributed by atoms with E-state index in [9.17, 15) is 15.3 Å². The van der Waals surface area contributed by atoms with E-state index in [0.717, 1.165) is 35.7 Å². The average Bonchev–Trinajstić information content (AvgIpc) is 3.44. The molecular weight excluding hydrogens is 472 g/mol. The number of hydrogen-bond acceptors (Lipinski definition) is 11. The molecule has 2 aliphatic carbocycles. The van der Waals surface area contributed by atoms with E-state index in [0.29, 0.717) is 22.1 Å². The molecule has 0 aliphatic heterocycles. The number of aromatic nitrogens is 5. The Morgan fingerprint density at radius 1 is 1.06 bits per heavy atom. The first kappa shape index (κ1) is 24.0. The van der Waals surface area contributed by atoms with E-state index in [1.807, 2.05) is 18.2 Å². The number of rotatable bonds is 9. The number of methoxy groups -OCH3 is 2. The van der Waals surface area contributed by atoms with Gasteiger partial charge in [-0.2, -0.15) is 0 Å². The molecule has 2 fully saturated rings. The van der Waals surface area contributed by atoms with E-state index in [-0.39, 0.29) is 18.4 Å². The molecule has 6 atom stereocenters. The molecule has 3 aromatic rings. The van der Waals surface area contributed by atoms with Crippen LogP contribution >= 0.6 is 11.8 Å². The molecule has 0 spiro atoms. The van der Waals surface area contributed by atoms with Crippen molar-refractivity contribution in [3.63, 3.8) is 0 Å². The third-order valence-corrected chi connectivity index (χ3v) is 7.64. The van der Waals surface area contributed by atoms with Crippen molar-refractivity contribution in [2.75, 3.05) is 25.3 Å². The van der Waals surface area contributed by atoms with E-state index < -0.39 is 24.4 Å². The number of aliphatic hydroxyl groups is 3. The molecule has 0 saturated heterocycles. The first-order valence-corrected chi connectivity index (χ1v) is 12.7. The first-order chi connectivity index (χ1) is 16.9. The topological polar surface area (TPSA) is 148 Å². The number of nitrogens with zero attached hydrogens (tertiary/aromatic N) is 5. The lowest BCUT2D eigenvalue weighted by Crippen LogP contribution is -2.31. The van der Waals surface area contributed by atoms with Gasteiger partial charge < -0.3 is 30.1 Å². The zero-order valence-electron chi connectivity index (χ0n) is 19.8. The van der Waals surface area contributed by atoms with Crippen molar-refractivity contribution in [3.8, 4) is 11.5 Å². The number of thioether (sulfide) groups is 1. The number of nitrogens with one attached hydrogen (secondary N) is 1. The quantitative estimate of drug-likeness (QED) is 0.250. The minimum atomic E-state index is -1.24. The van der Waals surface area contributed by atoms with Gasteiger partial charge >= 0.3 is 0 Å². The summed E-state index contributed by atoms with van der Waals surface area (Å²) in [7, 11) is 3.27. The molecule has 5 rings (SSSR count). The molecule has 35 heavy (non-hydrogen) atoms. The summed E-state index contributed by atoms with van der Waals surface area (Å²) in [4.78, 5) is 9.37. The highest BCUT2D eigenvalue weighted by Crippen LogP contribution is 2.45. The summed E-state index contributed by atoms with van der Waals surface area (Å²) in [5.74, 6) is 3.18. The van der Waals surface area contributed by atoms with Crippen LogP contribution in [0, 0.1) is 0 Å². The highest BCUT2D eigenvalue weighted by molar-refractivity contribution is 7.99. The Kier molecular flexibility index (Phi) is 6.71. The maximum atomic E-state index is 10.5. The van der Waals surface area contributed by atoms with Crippen molar-refractivity contribution in [2.45, 2.75) is 67.7 Å². The van der Waals surface area contributed by atoms with Gasteiger partial charge in [0.25, 0.3) is 0 Å². The van der Waals surface area contributed by atoms with Crippen molar-refractivity contribution in [1.82, 2.24) is 25.0 Å². The van der Waals surface area contributed by atoms with E-state index in [1.54, 1.807) is 14.2 Å². The zero-order chi connectivity index (χ0) is 24.7. The normalized spacial score (nSPS) is 27.8. The number of hydrogen-bond donors (Lipinski definition) is 4. The molecule has 0 radical (unpaired) electrons. The fourth-order valence-electron chi connectivity index (χ4n) is 4.56. The molecule has 6 unspecified atom stereocenters. The second-order valence-corrected chi connectivity index (χ2v) is 10.1. The maximum absolute atomic E-state index is 10.5. The van der Waals surface area contributed by atoms with Gasteiger partial charge in [-0.05, 0) is 30.5 Å². The lowest BCUT2D eigenvalue weighted by Gasteiger charge is -2.16. The Balaban J connectivity index is 1.45. The third kappa shape index (κ3) is 4.63. The molecule has 2 aromatic heterocycles. The predicted octanol–water partition coefficient (Wildman–Crippen LogP) is 1.74. The van der Waals surface area contributed by atoms with Crippen LogP contribution in [0.5, 0.6) is 11.5 Å². The van der Waals surface area contributed by atoms with Gasteiger partial charge in [-0.25, -0.2) is 14.6 Å². The van der Waals surface area contributed by atoms with E-state index >= 15 is 0 Å². The second-order valence-electron chi connectivity index (χ2n) is 9.00. The minimum Gasteiger partial charge on any atom is -0.497 e. The van der Waals surface area contributed by atoms with Crippen LogP contribution in [0.25, 0.3) is 11.2 Å². The summed E-state index contributed by atoms with van der Waals surface area (Å²) in [5, 5.41) is 43.2. The van der Waals surface area contributed by atoms with E-state index in [1.165, 1.54) is 16.4 Å². The largest absolute Gasteiger partial charge is 0.497 e. The van der Waals surface area contributed by atoms with Crippen LogP contribution in [0.15, 0.2) is 23.4 Å². The van der Waals surface area contributed by atoms with Crippen LogP contribution in [0.1, 0.15) is 43.7 Å². The van der Waals surface area contributed by atoms with Crippen molar-refractivity contribution in [2.24, 2.45) is 0 Å². The fraction of sp³-hybridized carbons (Fsp3) is 0.565. The van der Waals surface area contributed by atoms with Crippen molar-refractivity contribution < 1.29 is 24.8 Å². The van der Waals surface area contributed by atoms with Gasteiger partial charge in [-0.1, -0.05) is 23.9 Å². The Hall–Kier alpha value is -2.67. The second kappa shape index (κ2) is 9.76. The molecule has 0 amide bonds. The molecule has 0 bridgehead atoms. The lowest BCUT2D eigenvalue weighted by atomic mass is 10.1. The summed E-state index contributed by atoms with van der Waals surface area (Å²) in [5.41, 5.74) is 2.07. The SMILES string of the molecule is CCCSc1nc(NC2CC2c2cc(OC)cc(OC)c2)c2nnn(C3CC(O)C(O)C3O)c2n1. The predicted molar refractivity (Wildman–Crippen MR) is 130 cm³/mol. The molecule has 188 valence electrons. The van der Waals surface area contributed by atoms with Crippen LogP contribution in [-0.2, 0) is 0 Å². The summed E-state index contributed by atoms with van der Waals surface area (Å²) >= 11 is 1.54.